The Hall–Kier alpha value is -2.29. The normalized spacial score (nSPS) is 10.3. The summed E-state index contributed by atoms with van der Waals surface area (Å²) in [5.74, 6) is -0.833. The molecule has 0 saturated carbocycles. The van der Waals surface area contributed by atoms with Gasteiger partial charge >= 0.3 is 5.97 Å². The number of aromatic nitrogens is 4. The summed E-state index contributed by atoms with van der Waals surface area (Å²) in [7, 11) is 0. The SMILES string of the molecule is CCOC(=O)c1nnn(CC(=O)Nc2nccs2)c1C. The highest BCUT2D eigenvalue weighted by Gasteiger charge is 2.18. The summed E-state index contributed by atoms with van der Waals surface area (Å²) in [6, 6.07) is 0. The van der Waals surface area contributed by atoms with Crippen molar-refractivity contribution in [3.05, 3.63) is 23.0 Å². The summed E-state index contributed by atoms with van der Waals surface area (Å²) in [4.78, 5) is 27.3. The van der Waals surface area contributed by atoms with E-state index in [0.717, 1.165) is 0 Å². The van der Waals surface area contributed by atoms with Gasteiger partial charge in [-0.05, 0) is 13.8 Å². The summed E-state index contributed by atoms with van der Waals surface area (Å²) >= 11 is 1.32. The van der Waals surface area contributed by atoms with Gasteiger partial charge in [0.15, 0.2) is 10.8 Å². The van der Waals surface area contributed by atoms with Gasteiger partial charge in [0.2, 0.25) is 5.91 Å². The van der Waals surface area contributed by atoms with E-state index >= 15 is 0 Å². The Kier molecular flexibility index (Phi) is 4.41. The molecule has 0 fully saturated rings. The minimum absolute atomic E-state index is 0.0438. The molecule has 9 heteroatoms. The Balaban J connectivity index is 2.03. The molecule has 0 radical (unpaired) electrons. The number of amides is 1. The van der Waals surface area contributed by atoms with Crippen molar-refractivity contribution < 1.29 is 14.3 Å². The zero-order valence-corrected chi connectivity index (χ0v) is 11.8. The van der Waals surface area contributed by atoms with Gasteiger partial charge in [-0.15, -0.1) is 16.4 Å². The standard InChI is InChI=1S/C11H13N5O3S/c1-3-19-10(18)9-7(2)16(15-14-9)6-8(17)13-11-12-4-5-20-11/h4-5H,3,6H2,1-2H3,(H,12,13,17). The molecule has 0 atom stereocenters. The lowest BCUT2D eigenvalue weighted by Gasteiger charge is -2.03. The number of anilines is 1. The number of hydrogen-bond donors (Lipinski definition) is 1. The Bertz CT molecular complexity index is 608. The van der Waals surface area contributed by atoms with Crippen molar-refractivity contribution >= 4 is 28.3 Å². The lowest BCUT2D eigenvalue weighted by molar-refractivity contribution is -0.117. The predicted molar refractivity (Wildman–Crippen MR) is 71.5 cm³/mol. The van der Waals surface area contributed by atoms with E-state index in [0.29, 0.717) is 10.8 Å². The van der Waals surface area contributed by atoms with Crippen LogP contribution in [-0.2, 0) is 16.1 Å². The largest absolute Gasteiger partial charge is 0.461 e. The highest BCUT2D eigenvalue weighted by molar-refractivity contribution is 7.13. The van der Waals surface area contributed by atoms with Crippen LogP contribution < -0.4 is 5.32 Å². The average molecular weight is 295 g/mol. The summed E-state index contributed by atoms with van der Waals surface area (Å²) < 4.78 is 6.19. The van der Waals surface area contributed by atoms with Gasteiger partial charge in [0.25, 0.3) is 0 Å². The van der Waals surface area contributed by atoms with Crippen molar-refractivity contribution in [1.82, 2.24) is 20.0 Å². The van der Waals surface area contributed by atoms with E-state index in [1.807, 2.05) is 0 Å². The fourth-order valence-electron chi connectivity index (χ4n) is 1.48. The summed E-state index contributed by atoms with van der Waals surface area (Å²) in [5.41, 5.74) is 0.603. The lowest BCUT2D eigenvalue weighted by atomic mass is 10.3. The van der Waals surface area contributed by atoms with Crippen LogP contribution in [0, 0.1) is 6.92 Å². The van der Waals surface area contributed by atoms with E-state index in [9.17, 15) is 9.59 Å². The second-order valence-electron chi connectivity index (χ2n) is 3.79. The zero-order valence-electron chi connectivity index (χ0n) is 11.0. The molecular formula is C11H13N5O3S. The van der Waals surface area contributed by atoms with Gasteiger partial charge in [-0.3, -0.25) is 4.79 Å². The maximum absolute atomic E-state index is 11.8. The van der Waals surface area contributed by atoms with Crippen LogP contribution >= 0.6 is 11.3 Å². The van der Waals surface area contributed by atoms with Gasteiger partial charge in [-0.2, -0.15) is 0 Å². The van der Waals surface area contributed by atoms with Crippen LogP contribution in [-0.4, -0.2) is 38.5 Å². The van der Waals surface area contributed by atoms with Crippen molar-refractivity contribution in [2.45, 2.75) is 20.4 Å². The number of thiazole rings is 1. The van der Waals surface area contributed by atoms with Crippen LogP contribution in [0.15, 0.2) is 11.6 Å². The molecule has 2 heterocycles. The third-order valence-electron chi connectivity index (χ3n) is 2.42. The van der Waals surface area contributed by atoms with Crippen molar-refractivity contribution in [2.24, 2.45) is 0 Å². The third kappa shape index (κ3) is 3.18. The monoisotopic (exact) mass is 295 g/mol. The molecule has 2 aromatic heterocycles. The molecule has 2 rings (SSSR count). The molecule has 20 heavy (non-hydrogen) atoms. The van der Waals surface area contributed by atoms with E-state index < -0.39 is 5.97 Å². The highest BCUT2D eigenvalue weighted by atomic mass is 32.1. The van der Waals surface area contributed by atoms with E-state index in [1.54, 1.807) is 25.4 Å². The molecule has 2 aromatic rings. The number of esters is 1. The van der Waals surface area contributed by atoms with Gasteiger partial charge in [-0.25, -0.2) is 14.5 Å². The molecule has 0 spiro atoms. The van der Waals surface area contributed by atoms with Crippen molar-refractivity contribution in [2.75, 3.05) is 11.9 Å². The van der Waals surface area contributed by atoms with Gasteiger partial charge in [0.1, 0.15) is 6.54 Å². The quantitative estimate of drug-likeness (QED) is 0.821. The number of hydrogen-bond acceptors (Lipinski definition) is 7. The number of nitrogens with one attached hydrogen (secondary N) is 1. The molecule has 1 amide bonds. The minimum Gasteiger partial charge on any atom is -0.461 e. The van der Waals surface area contributed by atoms with E-state index in [-0.39, 0.29) is 24.8 Å². The molecule has 106 valence electrons. The van der Waals surface area contributed by atoms with E-state index in [4.69, 9.17) is 4.74 Å². The average Bonchev–Trinajstić information content (AvgIpc) is 3.01. The number of carbonyl (C=O) groups is 2. The van der Waals surface area contributed by atoms with Crippen molar-refractivity contribution in [3.63, 3.8) is 0 Å². The molecular weight excluding hydrogens is 282 g/mol. The smallest absolute Gasteiger partial charge is 0.360 e. The van der Waals surface area contributed by atoms with Gasteiger partial charge < -0.3 is 10.1 Å². The first-order chi connectivity index (χ1) is 9.61. The molecule has 0 bridgehead atoms. The van der Waals surface area contributed by atoms with E-state index in [1.165, 1.54) is 16.0 Å². The third-order valence-corrected chi connectivity index (χ3v) is 3.11. The molecule has 0 aliphatic rings. The Labute approximate surface area is 118 Å². The van der Waals surface area contributed by atoms with Crippen LogP contribution in [0.1, 0.15) is 23.1 Å². The van der Waals surface area contributed by atoms with Crippen LogP contribution in [0.25, 0.3) is 0 Å². The Morgan fingerprint density at radius 3 is 2.95 bits per heavy atom. The molecule has 8 nitrogen and oxygen atoms in total. The van der Waals surface area contributed by atoms with Crippen LogP contribution in [0.2, 0.25) is 0 Å². The van der Waals surface area contributed by atoms with Gasteiger partial charge in [0.05, 0.1) is 12.3 Å². The second-order valence-corrected chi connectivity index (χ2v) is 4.68. The molecule has 0 saturated heterocycles. The fourth-order valence-corrected chi connectivity index (χ4v) is 2.02. The van der Waals surface area contributed by atoms with Gasteiger partial charge in [0, 0.05) is 11.6 Å². The minimum atomic E-state index is -0.545. The number of ether oxygens (including phenoxy) is 1. The van der Waals surface area contributed by atoms with Crippen LogP contribution in [0.5, 0.6) is 0 Å². The van der Waals surface area contributed by atoms with E-state index in [2.05, 4.69) is 20.6 Å². The van der Waals surface area contributed by atoms with Gasteiger partial charge in [-0.1, -0.05) is 5.21 Å². The molecule has 0 aliphatic carbocycles. The molecule has 0 aliphatic heterocycles. The summed E-state index contributed by atoms with van der Waals surface area (Å²) in [6.07, 6.45) is 1.60. The summed E-state index contributed by atoms with van der Waals surface area (Å²) in [6.45, 7) is 3.58. The first kappa shape index (κ1) is 14.1. The first-order valence-corrected chi connectivity index (χ1v) is 6.76. The molecule has 0 aromatic carbocycles. The Morgan fingerprint density at radius 1 is 1.50 bits per heavy atom. The maximum Gasteiger partial charge on any atom is 0.360 e. The van der Waals surface area contributed by atoms with Crippen LogP contribution in [0.4, 0.5) is 5.13 Å². The fraction of sp³-hybridized carbons (Fsp3) is 0.364. The second kappa shape index (κ2) is 6.24. The number of nitrogens with zero attached hydrogens (tertiary/aromatic N) is 4. The number of carbonyl (C=O) groups excluding carboxylic acids is 2. The molecule has 1 N–H and O–H groups in total. The molecule has 0 unspecified atom stereocenters. The first-order valence-electron chi connectivity index (χ1n) is 5.88. The highest BCUT2D eigenvalue weighted by Crippen LogP contribution is 2.11. The maximum atomic E-state index is 11.8. The van der Waals surface area contributed by atoms with Crippen molar-refractivity contribution in [3.8, 4) is 0 Å². The Morgan fingerprint density at radius 2 is 2.30 bits per heavy atom. The zero-order chi connectivity index (χ0) is 14.5. The predicted octanol–water partition coefficient (Wildman–Crippen LogP) is 0.858. The topological polar surface area (TPSA) is 99.0 Å². The lowest BCUT2D eigenvalue weighted by Crippen LogP contribution is -2.20. The van der Waals surface area contributed by atoms with Crippen LogP contribution in [0.3, 0.4) is 0 Å². The van der Waals surface area contributed by atoms with Crippen molar-refractivity contribution in [1.29, 1.82) is 0 Å². The number of rotatable bonds is 5. The summed E-state index contributed by atoms with van der Waals surface area (Å²) in [5, 5.41) is 12.4.